The van der Waals surface area contributed by atoms with Crippen LogP contribution in [0.1, 0.15) is 45.9 Å². The lowest BCUT2D eigenvalue weighted by Crippen LogP contribution is -2.27. The first kappa shape index (κ1) is 34.3. The van der Waals surface area contributed by atoms with Crippen molar-refractivity contribution in [3.63, 3.8) is 0 Å². The molecule has 3 heterocycles. The fourth-order valence-corrected chi connectivity index (χ4v) is 6.70. The number of carbonyl (C=O) groups excluding carboxylic acids is 1. The number of ether oxygens (including phenoxy) is 2. The van der Waals surface area contributed by atoms with Gasteiger partial charge in [0.15, 0.2) is 17.3 Å². The zero-order valence-corrected chi connectivity index (χ0v) is 29.7. The van der Waals surface area contributed by atoms with Crippen LogP contribution in [0.15, 0.2) is 30.5 Å². The van der Waals surface area contributed by atoms with E-state index in [1.807, 2.05) is 6.92 Å². The van der Waals surface area contributed by atoms with E-state index in [0.717, 1.165) is 35.0 Å². The van der Waals surface area contributed by atoms with E-state index in [2.05, 4.69) is 35.0 Å². The number of hydrogen-bond acceptors (Lipinski definition) is 9. The normalized spacial score (nSPS) is 13.6. The molecule has 1 aliphatic carbocycles. The molecular weight excluding hydrogens is 642 g/mol. The summed E-state index contributed by atoms with van der Waals surface area (Å²) in [6.07, 6.45) is 4.53. The van der Waals surface area contributed by atoms with Crippen molar-refractivity contribution in [1.82, 2.24) is 19.7 Å². The molecule has 0 saturated heterocycles. The van der Waals surface area contributed by atoms with Crippen LogP contribution >= 0.6 is 0 Å². The van der Waals surface area contributed by atoms with Crippen LogP contribution in [0.5, 0.6) is 5.75 Å². The van der Waals surface area contributed by atoms with Crippen LogP contribution in [0, 0.1) is 12.7 Å². The lowest BCUT2D eigenvalue weighted by Gasteiger charge is -2.20. The predicted molar refractivity (Wildman–Crippen MR) is 184 cm³/mol. The summed E-state index contributed by atoms with van der Waals surface area (Å²) in [5.41, 5.74) is 9.70. The molecule has 15 heteroatoms. The maximum atomic E-state index is 15.3. The van der Waals surface area contributed by atoms with Crippen molar-refractivity contribution in [3.8, 4) is 17.0 Å². The number of primary amides is 1. The average Bonchev–Trinajstić information content (AvgIpc) is 3.77. The minimum absolute atomic E-state index is 0.00133. The largest absolute Gasteiger partial charge is 0.494 e. The Labute approximate surface area is 275 Å². The Morgan fingerprint density at radius 2 is 1.98 bits per heavy atom. The molecule has 3 aromatic heterocycles. The molecule has 1 fully saturated rings. The van der Waals surface area contributed by atoms with Crippen molar-refractivity contribution in [2.45, 2.75) is 64.6 Å². The van der Waals surface area contributed by atoms with E-state index < -0.39 is 29.8 Å². The zero-order chi connectivity index (χ0) is 34.3. The Morgan fingerprint density at radius 1 is 1.26 bits per heavy atom. The average molecular weight is 684 g/mol. The number of amides is 1. The fourth-order valence-electron chi connectivity index (χ4n) is 5.47. The molecule has 12 nitrogen and oxygen atoms in total. The highest BCUT2D eigenvalue weighted by Crippen LogP contribution is 2.47. The number of carbonyl (C=O) groups is 1. The fraction of sp³-hybridized carbons (Fsp3) is 0.438. The molecule has 0 radical (unpaired) electrons. The van der Waals surface area contributed by atoms with Crippen molar-refractivity contribution in [2.75, 3.05) is 36.6 Å². The van der Waals surface area contributed by atoms with Gasteiger partial charge in [-0.15, -0.1) is 0 Å². The number of nitrogens with one attached hydrogen (secondary N) is 1. The Bertz CT molecular complexity index is 1940. The van der Waals surface area contributed by atoms with Crippen molar-refractivity contribution in [1.29, 1.82) is 0 Å². The van der Waals surface area contributed by atoms with Crippen LogP contribution in [0.4, 0.5) is 16.0 Å². The van der Waals surface area contributed by atoms with Gasteiger partial charge in [-0.3, -0.25) is 9.10 Å². The Kier molecular flexibility index (Phi) is 9.62. The second-order valence-electron chi connectivity index (χ2n) is 13.1. The number of aryl methyl sites for hydroxylation is 1. The second kappa shape index (κ2) is 13.2. The first-order valence-electron chi connectivity index (χ1n) is 15.4. The Morgan fingerprint density at radius 3 is 2.60 bits per heavy atom. The number of pyridine rings is 2. The molecule has 1 saturated carbocycles. The minimum Gasteiger partial charge on any atom is -0.494 e. The number of methoxy groups -OCH3 is 1. The van der Waals surface area contributed by atoms with Crippen LogP contribution in [0.25, 0.3) is 22.2 Å². The molecule has 1 amide bonds. The lowest BCUT2D eigenvalue weighted by molar-refractivity contribution is 0.0807. The van der Waals surface area contributed by atoms with Crippen molar-refractivity contribution < 1.29 is 27.1 Å². The van der Waals surface area contributed by atoms with Crippen LogP contribution in [-0.4, -0.2) is 69.2 Å². The first-order valence-corrected chi connectivity index (χ1v) is 20.9. The zero-order valence-electron chi connectivity index (χ0n) is 27.8. The van der Waals surface area contributed by atoms with Gasteiger partial charge in [-0.25, -0.2) is 27.5 Å². The van der Waals surface area contributed by atoms with Gasteiger partial charge in [-0.1, -0.05) is 25.7 Å². The molecule has 0 unspecified atom stereocenters. The summed E-state index contributed by atoms with van der Waals surface area (Å²) in [5, 5.41) is 8.26. The van der Waals surface area contributed by atoms with Gasteiger partial charge in [0.2, 0.25) is 10.0 Å². The molecule has 47 heavy (non-hydrogen) atoms. The van der Waals surface area contributed by atoms with Crippen LogP contribution < -0.4 is 20.1 Å². The molecule has 0 spiro atoms. The maximum absolute atomic E-state index is 15.3. The third kappa shape index (κ3) is 7.41. The number of aromatic nitrogens is 4. The van der Waals surface area contributed by atoms with Gasteiger partial charge in [-0.05, 0) is 55.5 Å². The summed E-state index contributed by atoms with van der Waals surface area (Å²) < 4.78 is 54.1. The highest BCUT2D eigenvalue weighted by atomic mass is 32.2. The van der Waals surface area contributed by atoms with Crippen molar-refractivity contribution in [2.24, 2.45) is 5.73 Å². The molecule has 5 rings (SSSR count). The predicted octanol–water partition coefficient (Wildman–Crippen LogP) is 5.25. The van der Waals surface area contributed by atoms with Gasteiger partial charge in [0, 0.05) is 51.2 Å². The van der Waals surface area contributed by atoms with Crippen LogP contribution in [0.3, 0.4) is 0 Å². The monoisotopic (exact) mass is 683 g/mol. The molecule has 3 N–H and O–H groups in total. The van der Waals surface area contributed by atoms with Gasteiger partial charge in [0.05, 0.1) is 30.0 Å². The summed E-state index contributed by atoms with van der Waals surface area (Å²) in [4.78, 5) is 22.1. The van der Waals surface area contributed by atoms with Gasteiger partial charge in [-0.2, -0.15) is 5.10 Å². The summed E-state index contributed by atoms with van der Waals surface area (Å²) in [7, 11) is -2.10. The van der Waals surface area contributed by atoms with E-state index in [0.29, 0.717) is 39.9 Å². The Balaban J connectivity index is 1.69. The summed E-state index contributed by atoms with van der Waals surface area (Å²) in [6.45, 7) is 9.33. The molecule has 0 aliphatic heterocycles. The number of benzene rings is 1. The number of anilines is 2. The highest BCUT2D eigenvalue weighted by Gasteiger charge is 2.31. The Hall–Kier alpha value is -4.08. The highest BCUT2D eigenvalue weighted by molar-refractivity contribution is 7.92. The van der Waals surface area contributed by atoms with Gasteiger partial charge in [0.1, 0.15) is 18.4 Å². The van der Waals surface area contributed by atoms with E-state index >= 15 is 4.39 Å². The molecule has 1 aliphatic rings. The topological polar surface area (TPSA) is 155 Å². The third-order valence-corrected chi connectivity index (χ3v) is 11.1. The first-order chi connectivity index (χ1) is 22.1. The summed E-state index contributed by atoms with van der Waals surface area (Å²) in [6, 6.07) is 7.57. The van der Waals surface area contributed by atoms with Gasteiger partial charge < -0.3 is 20.5 Å². The smallest absolute Gasteiger partial charge is 0.269 e. The maximum Gasteiger partial charge on any atom is 0.269 e. The van der Waals surface area contributed by atoms with E-state index in [4.69, 9.17) is 20.2 Å². The van der Waals surface area contributed by atoms with E-state index in [9.17, 15) is 13.2 Å². The molecule has 252 valence electrons. The minimum atomic E-state index is -3.60. The quantitative estimate of drug-likeness (QED) is 0.134. The second-order valence-corrected chi connectivity index (χ2v) is 20.8. The number of rotatable bonds is 14. The standard InChI is InChI=1S/C32H42FN7O5SSi/c1-19-27(23-15-24(33)25(44-3)16-22(23)20-10-11-20)37-31(36-17-21-9-8-12-35-32(21)39(2)46(4,42)43)26-28(30(34)41)38-40(29(19)26)18-45-13-14-47(5,6)7/h8-9,12,15-16,20H,10-11,13-14,17-18H2,1-7H3,(H2,34,41)(H,36,37). The number of fused-ring (bicyclic) bond motifs is 1. The van der Waals surface area contributed by atoms with E-state index in [1.54, 1.807) is 22.9 Å². The molecule has 1 aromatic carbocycles. The van der Waals surface area contributed by atoms with Gasteiger partial charge >= 0.3 is 0 Å². The van der Waals surface area contributed by atoms with Crippen molar-refractivity contribution in [3.05, 3.63) is 58.7 Å². The summed E-state index contributed by atoms with van der Waals surface area (Å²) in [5.74, 6) is -0.371. The van der Waals surface area contributed by atoms with E-state index in [1.165, 1.54) is 26.4 Å². The number of sulfonamides is 1. The molecule has 4 aromatic rings. The number of nitrogens with two attached hydrogens (primary N) is 1. The van der Waals surface area contributed by atoms with Crippen LogP contribution in [-0.2, 0) is 28.0 Å². The number of halogens is 1. The summed E-state index contributed by atoms with van der Waals surface area (Å²) >= 11 is 0. The number of nitrogens with zero attached hydrogens (tertiary/aromatic N) is 5. The number of hydrogen-bond donors (Lipinski definition) is 2. The molecular formula is C32H42FN7O5SSi. The van der Waals surface area contributed by atoms with Crippen molar-refractivity contribution >= 4 is 46.5 Å². The lowest BCUT2D eigenvalue weighted by atomic mass is 9.95. The molecule has 0 bridgehead atoms. The van der Waals surface area contributed by atoms with E-state index in [-0.39, 0.29) is 42.3 Å². The third-order valence-electron chi connectivity index (χ3n) is 8.27. The van der Waals surface area contributed by atoms with Crippen LogP contribution in [0.2, 0.25) is 25.7 Å². The SMILES string of the molecule is COc1cc(C2CC2)c(-c2nc(NCc3cccnc3N(C)S(C)(=O)=O)c3c(C(N)=O)nn(COCC[Si](C)(C)C)c3c2C)cc1F. The van der Waals surface area contributed by atoms with Gasteiger partial charge in [0.25, 0.3) is 5.91 Å². The molecule has 0 atom stereocenters.